The zero-order chi connectivity index (χ0) is 13.9. The first-order chi connectivity index (χ1) is 8.96. The van der Waals surface area contributed by atoms with E-state index in [2.05, 4.69) is 18.7 Å². The third kappa shape index (κ3) is 4.34. The summed E-state index contributed by atoms with van der Waals surface area (Å²) in [6.07, 6.45) is 3.82. The lowest BCUT2D eigenvalue weighted by Crippen LogP contribution is -2.30. The predicted molar refractivity (Wildman–Crippen MR) is 79.2 cm³/mol. The van der Waals surface area contributed by atoms with Gasteiger partial charge in [-0.15, -0.1) is 0 Å². The van der Waals surface area contributed by atoms with Crippen LogP contribution in [0.2, 0.25) is 0 Å². The van der Waals surface area contributed by atoms with Crippen LogP contribution in [0.3, 0.4) is 0 Å². The van der Waals surface area contributed by atoms with Crippen LogP contribution in [0.1, 0.15) is 38.7 Å². The van der Waals surface area contributed by atoms with Crippen LogP contribution < -0.4 is 5.46 Å². The van der Waals surface area contributed by atoms with Crippen LogP contribution in [0.4, 0.5) is 0 Å². The molecule has 1 aliphatic heterocycles. The second-order valence-corrected chi connectivity index (χ2v) is 6.41. The lowest BCUT2D eigenvalue weighted by Gasteiger charge is -2.23. The molecular weight excluding hydrogens is 237 g/mol. The first kappa shape index (κ1) is 14.6. The SMILES string of the molecule is CC1(C)CCCN(Cc2ccc(B(O)O)cc2)CC1. The maximum Gasteiger partial charge on any atom is 0.488 e. The highest BCUT2D eigenvalue weighted by atomic mass is 16.4. The van der Waals surface area contributed by atoms with Crippen LogP contribution in [0.5, 0.6) is 0 Å². The number of hydrogen-bond acceptors (Lipinski definition) is 3. The summed E-state index contributed by atoms with van der Waals surface area (Å²) in [7, 11) is -1.37. The van der Waals surface area contributed by atoms with E-state index in [0.717, 1.165) is 19.6 Å². The van der Waals surface area contributed by atoms with Crippen molar-refractivity contribution in [3.05, 3.63) is 29.8 Å². The molecule has 1 aromatic rings. The fraction of sp³-hybridized carbons (Fsp3) is 0.600. The number of hydrogen-bond donors (Lipinski definition) is 2. The fourth-order valence-corrected chi connectivity index (χ4v) is 2.69. The van der Waals surface area contributed by atoms with Gasteiger partial charge >= 0.3 is 7.12 Å². The molecule has 4 heteroatoms. The van der Waals surface area contributed by atoms with Crippen molar-refractivity contribution in [1.82, 2.24) is 4.90 Å². The van der Waals surface area contributed by atoms with Crippen LogP contribution in [-0.4, -0.2) is 35.2 Å². The van der Waals surface area contributed by atoms with Gasteiger partial charge in [-0.3, -0.25) is 4.90 Å². The normalized spacial score (nSPS) is 20.0. The van der Waals surface area contributed by atoms with Gasteiger partial charge in [0.25, 0.3) is 0 Å². The van der Waals surface area contributed by atoms with Crippen molar-refractivity contribution in [2.24, 2.45) is 5.41 Å². The molecule has 3 nitrogen and oxygen atoms in total. The van der Waals surface area contributed by atoms with E-state index in [4.69, 9.17) is 10.0 Å². The molecule has 0 spiro atoms. The summed E-state index contributed by atoms with van der Waals surface area (Å²) >= 11 is 0. The van der Waals surface area contributed by atoms with E-state index in [1.165, 1.54) is 24.8 Å². The van der Waals surface area contributed by atoms with Crippen molar-refractivity contribution in [2.45, 2.75) is 39.7 Å². The standard InChI is InChI=1S/C15H24BNO2/c1-15(2)8-3-10-17(11-9-15)12-13-4-6-14(7-5-13)16(18)19/h4-7,18-19H,3,8-12H2,1-2H3. The maximum absolute atomic E-state index is 9.08. The van der Waals surface area contributed by atoms with E-state index in [-0.39, 0.29) is 0 Å². The van der Waals surface area contributed by atoms with Gasteiger partial charge in [0, 0.05) is 6.54 Å². The Morgan fingerprint density at radius 1 is 1.11 bits per heavy atom. The van der Waals surface area contributed by atoms with Crippen molar-refractivity contribution in [1.29, 1.82) is 0 Å². The molecule has 0 unspecified atom stereocenters. The minimum atomic E-state index is -1.37. The average molecular weight is 261 g/mol. The molecule has 0 atom stereocenters. The quantitative estimate of drug-likeness (QED) is 0.808. The first-order valence-corrected chi connectivity index (χ1v) is 7.14. The summed E-state index contributed by atoms with van der Waals surface area (Å²) in [5.74, 6) is 0. The zero-order valence-electron chi connectivity index (χ0n) is 12.0. The van der Waals surface area contributed by atoms with Crippen molar-refractivity contribution < 1.29 is 10.0 Å². The summed E-state index contributed by atoms with van der Waals surface area (Å²) in [6.45, 7) is 7.98. The minimum Gasteiger partial charge on any atom is -0.423 e. The van der Waals surface area contributed by atoms with Crippen LogP contribution >= 0.6 is 0 Å². The van der Waals surface area contributed by atoms with Gasteiger partial charge in [0.05, 0.1) is 0 Å². The van der Waals surface area contributed by atoms with Crippen LogP contribution in [0, 0.1) is 5.41 Å². The largest absolute Gasteiger partial charge is 0.488 e. The summed E-state index contributed by atoms with van der Waals surface area (Å²) in [5.41, 5.74) is 2.27. The zero-order valence-corrected chi connectivity index (χ0v) is 12.0. The molecule has 1 fully saturated rings. The number of rotatable bonds is 3. The van der Waals surface area contributed by atoms with E-state index < -0.39 is 7.12 Å². The molecule has 104 valence electrons. The van der Waals surface area contributed by atoms with E-state index >= 15 is 0 Å². The minimum absolute atomic E-state index is 0.472. The third-order valence-corrected chi connectivity index (χ3v) is 4.12. The van der Waals surface area contributed by atoms with Crippen LogP contribution in [0.25, 0.3) is 0 Å². The Morgan fingerprint density at radius 3 is 2.42 bits per heavy atom. The summed E-state index contributed by atoms with van der Waals surface area (Å²) in [5, 5.41) is 18.2. The van der Waals surface area contributed by atoms with Crippen molar-refractivity contribution in [3.63, 3.8) is 0 Å². The molecule has 19 heavy (non-hydrogen) atoms. The highest BCUT2D eigenvalue weighted by Crippen LogP contribution is 2.30. The van der Waals surface area contributed by atoms with Gasteiger partial charge in [-0.1, -0.05) is 38.1 Å². The van der Waals surface area contributed by atoms with Crippen LogP contribution in [-0.2, 0) is 6.54 Å². The molecule has 0 saturated carbocycles. The van der Waals surface area contributed by atoms with E-state index in [1.54, 1.807) is 12.1 Å². The fourth-order valence-electron chi connectivity index (χ4n) is 2.69. The molecule has 1 saturated heterocycles. The van der Waals surface area contributed by atoms with Crippen molar-refractivity contribution in [3.8, 4) is 0 Å². The molecule has 1 aromatic carbocycles. The van der Waals surface area contributed by atoms with Gasteiger partial charge < -0.3 is 10.0 Å². The Kier molecular flexibility index (Phi) is 4.66. The monoisotopic (exact) mass is 261 g/mol. The number of nitrogens with zero attached hydrogens (tertiary/aromatic N) is 1. The molecule has 0 aromatic heterocycles. The van der Waals surface area contributed by atoms with Crippen molar-refractivity contribution >= 4 is 12.6 Å². The molecule has 0 aliphatic carbocycles. The third-order valence-electron chi connectivity index (χ3n) is 4.12. The molecule has 0 bridgehead atoms. The first-order valence-electron chi connectivity index (χ1n) is 7.14. The lowest BCUT2D eigenvalue weighted by atomic mass is 9.80. The average Bonchev–Trinajstić information content (AvgIpc) is 2.52. The molecule has 1 heterocycles. The van der Waals surface area contributed by atoms with Gasteiger partial charge in [0.1, 0.15) is 0 Å². The van der Waals surface area contributed by atoms with Gasteiger partial charge in [0.15, 0.2) is 0 Å². The Balaban J connectivity index is 1.93. The Hall–Kier alpha value is -0.835. The van der Waals surface area contributed by atoms with Crippen molar-refractivity contribution in [2.75, 3.05) is 13.1 Å². The maximum atomic E-state index is 9.08. The van der Waals surface area contributed by atoms with E-state index in [9.17, 15) is 0 Å². The highest BCUT2D eigenvalue weighted by molar-refractivity contribution is 6.58. The molecule has 2 rings (SSSR count). The Bertz CT molecular complexity index is 403. The summed E-state index contributed by atoms with van der Waals surface area (Å²) in [4.78, 5) is 2.50. The molecule has 1 aliphatic rings. The van der Waals surface area contributed by atoms with Gasteiger partial charge in [-0.2, -0.15) is 0 Å². The second-order valence-electron chi connectivity index (χ2n) is 6.41. The van der Waals surface area contributed by atoms with Gasteiger partial charge in [0.2, 0.25) is 0 Å². The molecule has 2 N–H and O–H groups in total. The predicted octanol–water partition coefficient (Wildman–Crippen LogP) is 1.38. The second kappa shape index (κ2) is 6.08. The van der Waals surface area contributed by atoms with E-state index in [0.29, 0.717) is 10.9 Å². The van der Waals surface area contributed by atoms with Crippen LogP contribution in [0.15, 0.2) is 24.3 Å². The topological polar surface area (TPSA) is 43.7 Å². The van der Waals surface area contributed by atoms with E-state index in [1.807, 2.05) is 12.1 Å². The molecule has 0 radical (unpaired) electrons. The Morgan fingerprint density at radius 2 is 1.79 bits per heavy atom. The lowest BCUT2D eigenvalue weighted by molar-refractivity contribution is 0.256. The number of benzene rings is 1. The molecular formula is C15H24BNO2. The smallest absolute Gasteiger partial charge is 0.423 e. The number of likely N-dealkylation sites (tertiary alicyclic amines) is 1. The summed E-state index contributed by atoms with van der Waals surface area (Å²) in [6, 6.07) is 7.57. The van der Waals surface area contributed by atoms with Gasteiger partial charge in [-0.25, -0.2) is 0 Å². The van der Waals surface area contributed by atoms with Gasteiger partial charge in [-0.05, 0) is 48.8 Å². The summed E-state index contributed by atoms with van der Waals surface area (Å²) < 4.78 is 0. The molecule has 0 amide bonds. The Labute approximate surface area is 116 Å². The highest BCUT2D eigenvalue weighted by Gasteiger charge is 2.22.